The average molecular weight is 298 g/mol. The zero-order valence-corrected chi connectivity index (χ0v) is 12.7. The van der Waals surface area contributed by atoms with E-state index in [2.05, 4.69) is 40.1 Å². The molecule has 0 aliphatic heterocycles. The van der Waals surface area contributed by atoms with E-state index in [1.165, 1.54) is 17.1 Å². The van der Waals surface area contributed by atoms with E-state index in [1.54, 1.807) is 0 Å². The third kappa shape index (κ3) is 3.43. The average Bonchev–Trinajstić information content (AvgIpc) is 2.91. The van der Waals surface area contributed by atoms with Crippen LogP contribution < -0.4 is 5.73 Å². The second kappa shape index (κ2) is 6.28. The zero-order chi connectivity index (χ0) is 14.7. The van der Waals surface area contributed by atoms with E-state index in [0.29, 0.717) is 0 Å². The van der Waals surface area contributed by atoms with Crippen molar-refractivity contribution in [1.82, 2.24) is 15.0 Å². The summed E-state index contributed by atoms with van der Waals surface area (Å²) >= 11 is 1.54. The third-order valence-corrected chi connectivity index (χ3v) is 4.24. The summed E-state index contributed by atoms with van der Waals surface area (Å²) in [6.07, 6.45) is 5.53. The molecular formula is C16H18N4S. The van der Waals surface area contributed by atoms with Gasteiger partial charge < -0.3 is 10.7 Å². The fourth-order valence-corrected chi connectivity index (χ4v) is 2.90. The fourth-order valence-electron chi connectivity index (χ4n) is 2.15. The van der Waals surface area contributed by atoms with Crippen molar-refractivity contribution in [3.63, 3.8) is 0 Å². The normalized spacial score (nSPS) is 12.7. The third-order valence-electron chi connectivity index (χ3n) is 3.41. The number of fused-ring (bicyclic) bond motifs is 1. The summed E-state index contributed by atoms with van der Waals surface area (Å²) in [5.41, 5.74) is 8.16. The van der Waals surface area contributed by atoms with Gasteiger partial charge in [-0.2, -0.15) is 0 Å². The molecule has 0 amide bonds. The van der Waals surface area contributed by atoms with E-state index in [1.807, 2.05) is 24.5 Å². The predicted molar refractivity (Wildman–Crippen MR) is 86.4 cm³/mol. The maximum absolute atomic E-state index is 5.94. The van der Waals surface area contributed by atoms with Crippen LogP contribution in [-0.4, -0.2) is 21.0 Å². The smallest absolute Gasteiger partial charge is 0.193 e. The van der Waals surface area contributed by atoms with Gasteiger partial charge in [-0.1, -0.05) is 25.1 Å². The molecule has 5 heteroatoms. The van der Waals surface area contributed by atoms with Gasteiger partial charge in [-0.25, -0.2) is 9.97 Å². The van der Waals surface area contributed by atoms with E-state index in [4.69, 9.17) is 5.73 Å². The molecule has 2 heterocycles. The fraction of sp³-hybridized carbons (Fsp3) is 0.250. The van der Waals surface area contributed by atoms with Gasteiger partial charge >= 0.3 is 0 Å². The molecule has 4 nitrogen and oxygen atoms in total. The first-order chi connectivity index (χ1) is 10.2. The van der Waals surface area contributed by atoms with E-state index >= 15 is 0 Å². The van der Waals surface area contributed by atoms with Crippen molar-refractivity contribution in [2.45, 2.75) is 36.0 Å². The van der Waals surface area contributed by atoms with Crippen LogP contribution in [0.2, 0.25) is 0 Å². The molecule has 0 spiro atoms. The van der Waals surface area contributed by atoms with Gasteiger partial charge in [0, 0.05) is 29.3 Å². The summed E-state index contributed by atoms with van der Waals surface area (Å²) in [7, 11) is 0. The number of aromatic amines is 1. The van der Waals surface area contributed by atoms with Gasteiger partial charge in [0.1, 0.15) is 0 Å². The Morgan fingerprint density at radius 2 is 2.00 bits per heavy atom. The first-order valence-corrected chi connectivity index (χ1v) is 7.88. The molecule has 1 unspecified atom stereocenters. The largest absolute Gasteiger partial charge is 0.349 e. The summed E-state index contributed by atoms with van der Waals surface area (Å²) in [6, 6.07) is 10.5. The molecule has 3 rings (SSSR count). The summed E-state index contributed by atoms with van der Waals surface area (Å²) in [6.45, 7) is 2.09. The van der Waals surface area contributed by atoms with Crippen molar-refractivity contribution >= 4 is 22.7 Å². The lowest BCUT2D eigenvalue weighted by Gasteiger charge is -2.07. The highest BCUT2D eigenvalue weighted by Gasteiger charge is 2.06. The minimum atomic E-state index is 0.181. The van der Waals surface area contributed by atoms with Crippen LogP contribution in [0.3, 0.4) is 0 Å². The Balaban J connectivity index is 1.72. The number of hydrogen-bond acceptors (Lipinski definition) is 4. The van der Waals surface area contributed by atoms with Crippen LogP contribution in [0.5, 0.6) is 0 Å². The highest BCUT2D eigenvalue weighted by Crippen LogP contribution is 2.27. The van der Waals surface area contributed by atoms with Crippen molar-refractivity contribution in [1.29, 1.82) is 0 Å². The van der Waals surface area contributed by atoms with Crippen molar-refractivity contribution in [3.05, 3.63) is 48.3 Å². The first-order valence-electron chi connectivity index (χ1n) is 7.06. The highest BCUT2D eigenvalue weighted by molar-refractivity contribution is 7.99. The molecule has 0 aliphatic rings. The number of nitrogens with zero attached hydrogens (tertiary/aromatic N) is 2. The summed E-state index contributed by atoms with van der Waals surface area (Å²) in [5.74, 6) is 0. The van der Waals surface area contributed by atoms with Gasteiger partial charge in [-0.15, -0.1) is 0 Å². The number of benzene rings is 1. The Kier molecular flexibility index (Phi) is 4.22. The van der Waals surface area contributed by atoms with Gasteiger partial charge in [0.25, 0.3) is 0 Å². The van der Waals surface area contributed by atoms with Crippen LogP contribution in [0.1, 0.15) is 18.9 Å². The van der Waals surface area contributed by atoms with Crippen molar-refractivity contribution in [2.24, 2.45) is 5.73 Å². The summed E-state index contributed by atoms with van der Waals surface area (Å²) in [4.78, 5) is 12.2. The number of nitrogens with two attached hydrogens (primary N) is 1. The monoisotopic (exact) mass is 298 g/mol. The molecule has 108 valence electrons. The number of rotatable bonds is 5. The minimum absolute atomic E-state index is 0.181. The summed E-state index contributed by atoms with van der Waals surface area (Å²) in [5, 5.41) is 3.00. The Hall–Kier alpha value is -1.85. The number of hydrogen-bond donors (Lipinski definition) is 2. The number of aromatic nitrogens is 3. The lowest BCUT2D eigenvalue weighted by molar-refractivity contribution is 0.641. The van der Waals surface area contributed by atoms with E-state index in [0.717, 1.165) is 34.1 Å². The van der Waals surface area contributed by atoms with Gasteiger partial charge in [-0.3, -0.25) is 0 Å². The Morgan fingerprint density at radius 3 is 2.71 bits per heavy atom. The van der Waals surface area contributed by atoms with Crippen molar-refractivity contribution in [3.8, 4) is 0 Å². The van der Waals surface area contributed by atoms with Crippen LogP contribution >= 0.6 is 11.8 Å². The van der Waals surface area contributed by atoms with E-state index in [9.17, 15) is 0 Å². The topological polar surface area (TPSA) is 67.6 Å². The van der Waals surface area contributed by atoms with Crippen LogP contribution in [0, 0.1) is 0 Å². The molecule has 1 atom stereocenters. The molecule has 0 saturated carbocycles. The van der Waals surface area contributed by atoms with Gasteiger partial charge in [0.05, 0.1) is 5.03 Å². The molecule has 0 bridgehead atoms. The highest BCUT2D eigenvalue weighted by atomic mass is 32.2. The van der Waals surface area contributed by atoms with E-state index in [-0.39, 0.29) is 6.04 Å². The van der Waals surface area contributed by atoms with Crippen LogP contribution in [0.25, 0.3) is 10.9 Å². The first kappa shape index (κ1) is 14.1. The Bertz CT molecular complexity index is 687. The molecule has 2 aromatic heterocycles. The number of nitrogens with one attached hydrogen (secondary N) is 1. The predicted octanol–water partition coefficient (Wildman–Crippen LogP) is 3.39. The molecule has 0 radical (unpaired) electrons. The number of H-pyrrole nitrogens is 1. The lowest BCUT2D eigenvalue weighted by Crippen LogP contribution is -2.21. The standard InChI is InChI=1S/C16H18N4S/c1-2-13(17)7-11-9-18-16(19-10-11)21-15-8-12-5-3-4-6-14(12)20-15/h3-6,8-10,13,20H,2,7,17H2,1H3. The Labute approximate surface area is 128 Å². The van der Waals surface area contributed by atoms with Gasteiger partial charge in [-0.05, 0) is 42.3 Å². The van der Waals surface area contributed by atoms with Gasteiger partial charge in [0.2, 0.25) is 0 Å². The molecule has 1 aromatic carbocycles. The number of para-hydroxylation sites is 1. The molecule has 0 fully saturated rings. The summed E-state index contributed by atoms with van der Waals surface area (Å²) < 4.78 is 0. The molecule has 3 aromatic rings. The second-order valence-electron chi connectivity index (χ2n) is 5.07. The van der Waals surface area contributed by atoms with Crippen molar-refractivity contribution < 1.29 is 0 Å². The SMILES string of the molecule is CCC(N)Cc1cnc(Sc2cc3ccccc3[nH]2)nc1. The molecule has 3 N–H and O–H groups in total. The minimum Gasteiger partial charge on any atom is -0.349 e. The quantitative estimate of drug-likeness (QED) is 0.709. The van der Waals surface area contributed by atoms with E-state index < -0.39 is 0 Å². The molecule has 0 aliphatic carbocycles. The van der Waals surface area contributed by atoms with Gasteiger partial charge in [0.15, 0.2) is 5.16 Å². The van der Waals surface area contributed by atoms with Crippen LogP contribution in [0.4, 0.5) is 0 Å². The maximum atomic E-state index is 5.94. The lowest BCUT2D eigenvalue weighted by atomic mass is 10.1. The molecule has 21 heavy (non-hydrogen) atoms. The maximum Gasteiger partial charge on any atom is 0.193 e. The molecule has 0 saturated heterocycles. The Morgan fingerprint density at radius 1 is 1.24 bits per heavy atom. The van der Waals surface area contributed by atoms with Crippen molar-refractivity contribution in [2.75, 3.05) is 0 Å². The van der Waals surface area contributed by atoms with Crippen LogP contribution in [0.15, 0.2) is 52.9 Å². The second-order valence-corrected chi connectivity index (χ2v) is 6.08. The van der Waals surface area contributed by atoms with Crippen LogP contribution in [-0.2, 0) is 6.42 Å². The zero-order valence-electron chi connectivity index (χ0n) is 11.9. The molecular weight excluding hydrogens is 280 g/mol.